The van der Waals surface area contributed by atoms with Crippen LogP contribution >= 0.6 is 0 Å². The molecule has 1 N–H and O–H groups in total. The van der Waals surface area contributed by atoms with Crippen LogP contribution in [-0.4, -0.2) is 67.3 Å². The molecule has 0 bridgehead atoms. The van der Waals surface area contributed by atoms with E-state index < -0.39 is 22.0 Å². The molecule has 3 atom stereocenters. The molecule has 1 aliphatic rings. The zero-order valence-corrected chi connectivity index (χ0v) is 20.9. The molecule has 184 valence electrons. The molecule has 2 aromatic carbocycles. The van der Waals surface area contributed by atoms with Gasteiger partial charge in [0.2, 0.25) is 15.9 Å². The second-order valence-electron chi connectivity index (χ2n) is 8.64. The maximum atomic E-state index is 13.4. The number of morpholine rings is 1. The summed E-state index contributed by atoms with van der Waals surface area (Å²) in [6.07, 6.45) is 0.218. The first-order chi connectivity index (χ1) is 16.1. The van der Waals surface area contributed by atoms with Crippen LogP contribution in [-0.2, 0) is 19.6 Å². The van der Waals surface area contributed by atoms with Crippen molar-refractivity contribution in [3.05, 3.63) is 60.2 Å². The van der Waals surface area contributed by atoms with Gasteiger partial charge in [-0.1, -0.05) is 31.2 Å². The van der Waals surface area contributed by atoms with Gasteiger partial charge in [-0.15, -0.1) is 0 Å². The van der Waals surface area contributed by atoms with E-state index in [9.17, 15) is 18.0 Å². The Bertz CT molecular complexity index is 1100. The quantitative estimate of drug-likeness (QED) is 0.616. The van der Waals surface area contributed by atoms with Gasteiger partial charge in [0, 0.05) is 30.9 Å². The van der Waals surface area contributed by atoms with Crippen molar-refractivity contribution in [2.45, 2.75) is 57.3 Å². The molecule has 1 heterocycles. The van der Waals surface area contributed by atoms with E-state index >= 15 is 0 Å². The molecule has 3 unspecified atom stereocenters. The maximum absolute atomic E-state index is 13.4. The minimum absolute atomic E-state index is 0.0532. The summed E-state index contributed by atoms with van der Waals surface area (Å²) in [4.78, 5) is 27.8. The van der Waals surface area contributed by atoms with Crippen molar-refractivity contribution < 1.29 is 22.7 Å². The second-order valence-corrected chi connectivity index (χ2v) is 10.6. The molecule has 1 aliphatic heterocycles. The Hall–Kier alpha value is -2.75. The van der Waals surface area contributed by atoms with Crippen LogP contribution in [0.2, 0.25) is 0 Å². The van der Waals surface area contributed by atoms with Gasteiger partial charge in [-0.2, -0.15) is 4.31 Å². The lowest BCUT2D eigenvalue weighted by Gasteiger charge is -2.34. The molecule has 34 heavy (non-hydrogen) atoms. The number of rotatable bonds is 8. The number of benzene rings is 2. The van der Waals surface area contributed by atoms with E-state index in [0.29, 0.717) is 18.7 Å². The zero-order chi connectivity index (χ0) is 24.9. The maximum Gasteiger partial charge on any atom is 0.254 e. The molecule has 0 aliphatic carbocycles. The van der Waals surface area contributed by atoms with Gasteiger partial charge < -0.3 is 15.0 Å². The number of para-hydroxylation sites is 1. The summed E-state index contributed by atoms with van der Waals surface area (Å²) in [6, 6.07) is 14.3. The average molecular weight is 488 g/mol. The Labute approximate surface area is 201 Å². The Morgan fingerprint density at radius 3 is 2.35 bits per heavy atom. The fourth-order valence-electron chi connectivity index (χ4n) is 4.05. The van der Waals surface area contributed by atoms with Crippen LogP contribution in [0.15, 0.2) is 59.5 Å². The monoisotopic (exact) mass is 487 g/mol. The van der Waals surface area contributed by atoms with Crippen molar-refractivity contribution in [1.82, 2.24) is 9.21 Å². The van der Waals surface area contributed by atoms with Crippen LogP contribution in [0.25, 0.3) is 0 Å². The molecule has 1 saturated heterocycles. The minimum atomic E-state index is -3.80. The predicted octanol–water partition coefficient (Wildman–Crippen LogP) is 3.36. The first-order valence-electron chi connectivity index (χ1n) is 11.6. The number of nitrogens with one attached hydrogen (secondary N) is 1. The molecule has 2 aromatic rings. The Morgan fingerprint density at radius 2 is 1.74 bits per heavy atom. The smallest absolute Gasteiger partial charge is 0.254 e. The molecule has 2 amide bonds. The third-order valence-corrected chi connectivity index (χ3v) is 7.55. The Morgan fingerprint density at radius 1 is 1.09 bits per heavy atom. The summed E-state index contributed by atoms with van der Waals surface area (Å²) in [7, 11) is -3.80. The number of hydrogen-bond acceptors (Lipinski definition) is 5. The van der Waals surface area contributed by atoms with Gasteiger partial charge in [-0.05, 0) is 57.5 Å². The summed E-state index contributed by atoms with van der Waals surface area (Å²) < 4.78 is 33.6. The van der Waals surface area contributed by atoms with Gasteiger partial charge in [0.05, 0.1) is 17.1 Å². The average Bonchev–Trinajstić information content (AvgIpc) is 2.81. The molecular formula is C25H33N3O5S. The fraction of sp³-hybridized carbons (Fsp3) is 0.440. The Kier molecular flexibility index (Phi) is 8.46. The largest absolute Gasteiger partial charge is 0.373 e. The van der Waals surface area contributed by atoms with Crippen LogP contribution < -0.4 is 5.32 Å². The van der Waals surface area contributed by atoms with Crippen LogP contribution in [0.4, 0.5) is 5.69 Å². The van der Waals surface area contributed by atoms with Gasteiger partial charge in [0.15, 0.2) is 0 Å². The number of anilines is 1. The van der Waals surface area contributed by atoms with E-state index in [2.05, 4.69) is 5.32 Å². The van der Waals surface area contributed by atoms with Crippen LogP contribution in [0, 0.1) is 0 Å². The van der Waals surface area contributed by atoms with E-state index in [1.807, 2.05) is 39.0 Å². The van der Waals surface area contributed by atoms with Gasteiger partial charge in [0.1, 0.15) is 6.04 Å². The van der Waals surface area contributed by atoms with Crippen LogP contribution in [0.1, 0.15) is 44.5 Å². The SMILES string of the molecule is CCCN(C(=O)c1cccc(S(=O)(=O)N2CC(C)OC(C)C2)c1)C(C)C(=O)Nc1ccccc1. The molecule has 0 aromatic heterocycles. The van der Waals surface area contributed by atoms with Gasteiger partial charge in [-0.3, -0.25) is 9.59 Å². The van der Waals surface area contributed by atoms with E-state index in [1.54, 1.807) is 31.2 Å². The topological polar surface area (TPSA) is 96.0 Å². The van der Waals surface area contributed by atoms with Crippen LogP contribution in [0.5, 0.6) is 0 Å². The van der Waals surface area contributed by atoms with Gasteiger partial charge >= 0.3 is 0 Å². The third-order valence-electron chi connectivity index (χ3n) is 5.72. The zero-order valence-electron chi connectivity index (χ0n) is 20.1. The number of nitrogens with zero attached hydrogens (tertiary/aromatic N) is 2. The second kappa shape index (κ2) is 11.1. The van der Waals surface area contributed by atoms with E-state index in [4.69, 9.17) is 4.74 Å². The molecule has 0 saturated carbocycles. The van der Waals surface area contributed by atoms with Crippen molar-refractivity contribution in [2.24, 2.45) is 0 Å². The highest BCUT2D eigenvalue weighted by Crippen LogP contribution is 2.23. The Balaban J connectivity index is 1.83. The minimum Gasteiger partial charge on any atom is -0.373 e. The molecule has 0 spiro atoms. The van der Waals surface area contributed by atoms with Gasteiger partial charge in [0.25, 0.3) is 5.91 Å². The number of hydrogen-bond donors (Lipinski definition) is 1. The third kappa shape index (κ3) is 6.02. The van der Waals surface area contributed by atoms with Crippen molar-refractivity contribution in [1.29, 1.82) is 0 Å². The lowest BCUT2D eigenvalue weighted by molar-refractivity contribution is -0.120. The fourth-order valence-corrected chi connectivity index (χ4v) is 5.69. The predicted molar refractivity (Wildman–Crippen MR) is 131 cm³/mol. The normalized spacial score (nSPS) is 19.9. The first-order valence-corrected chi connectivity index (χ1v) is 13.0. The summed E-state index contributed by atoms with van der Waals surface area (Å²) in [5.41, 5.74) is 0.869. The summed E-state index contributed by atoms with van der Waals surface area (Å²) in [6.45, 7) is 8.13. The van der Waals surface area contributed by atoms with Crippen molar-refractivity contribution >= 4 is 27.5 Å². The number of carbonyl (C=O) groups excluding carboxylic acids is 2. The standard InChI is InChI=1S/C25H33N3O5S/c1-5-14-28(20(4)24(29)26-22-11-7-6-8-12-22)25(30)21-10-9-13-23(15-21)34(31,32)27-16-18(2)33-19(3)17-27/h6-13,15,18-20H,5,14,16-17H2,1-4H3,(H,26,29). The van der Waals surface area contributed by atoms with Crippen LogP contribution in [0.3, 0.4) is 0 Å². The lowest BCUT2D eigenvalue weighted by atomic mass is 10.1. The van der Waals surface area contributed by atoms with E-state index in [0.717, 1.165) is 0 Å². The summed E-state index contributed by atoms with van der Waals surface area (Å²) in [5, 5.41) is 2.83. The molecule has 1 fully saturated rings. The molecular weight excluding hydrogens is 454 g/mol. The molecule has 0 radical (unpaired) electrons. The van der Waals surface area contributed by atoms with E-state index in [1.165, 1.54) is 21.3 Å². The number of amides is 2. The molecule has 9 heteroatoms. The number of ether oxygens (including phenoxy) is 1. The number of carbonyl (C=O) groups is 2. The number of sulfonamides is 1. The molecule has 3 rings (SSSR count). The van der Waals surface area contributed by atoms with Crippen molar-refractivity contribution in [3.63, 3.8) is 0 Å². The van der Waals surface area contributed by atoms with Crippen molar-refractivity contribution in [3.8, 4) is 0 Å². The highest BCUT2D eigenvalue weighted by molar-refractivity contribution is 7.89. The highest BCUT2D eigenvalue weighted by Gasteiger charge is 2.33. The highest BCUT2D eigenvalue weighted by atomic mass is 32.2. The van der Waals surface area contributed by atoms with E-state index in [-0.39, 0.29) is 41.7 Å². The first kappa shape index (κ1) is 25.9. The summed E-state index contributed by atoms with van der Waals surface area (Å²) >= 11 is 0. The van der Waals surface area contributed by atoms with Gasteiger partial charge in [-0.25, -0.2) is 8.42 Å². The molecule has 8 nitrogen and oxygen atoms in total. The lowest BCUT2D eigenvalue weighted by Crippen LogP contribution is -2.48. The van der Waals surface area contributed by atoms with Crippen molar-refractivity contribution in [2.75, 3.05) is 25.0 Å². The summed E-state index contributed by atoms with van der Waals surface area (Å²) in [5.74, 6) is -0.702.